The molecule has 0 aromatic heterocycles. The highest BCUT2D eigenvalue weighted by Gasteiger charge is 2.39. The van der Waals surface area contributed by atoms with Gasteiger partial charge in [0.2, 0.25) is 0 Å². The Morgan fingerprint density at radius 3 is 2.29 bits per heavy atom. The van der Waals surface area contributed by atoms with Crippen LogP contribution >= 0.6 is 11.6 Å². The van der Waals surface area contributed by atoms with E-state index in [-0.39, 0.29) is 16.6 Å². The van der Waals surface area contributed by atoms with Crippen LogP contribution in [-0.4, -0.2) is 31.4 Å². The van der Waals surface area contributed by atoms with E-state index in [4.69, 9.17) is 21.1 Å². The van der Waals surface area contributed by atoms with Gasteiger partial charge in [-0.15, -0.1) is 0 Å². The van der Waals surface area contributed by atoms with Gasteiger partial charge >= 0.3 is 0 Å². The lowest BCUT2D eigenvalue weighted by atomic mass is 10.1. The Labute approximate surface area is 226 Å². The number of benzene rings is 3. The summed E-state index contributed by atoms with van der Waals surface area (Å²) in [5, 5.41) is 5.59. The van der Waals surface area contributed by atoms with Crippen LogP contribution in [0.4, 0.5) is 17.1 Å². The van der Waals surface area contributed by atoms with E-state index in [0.29, 0.717) is 35.0 Å². The Morgan fingerprint density at radius 1 is 0.947 bits per heavy atom. The molecule has 196 valence electrons. The Bertz CT molecular complexity index is 1380. The van der Waals surface area contributed by atoms with E-state index < -0.39 is 11.8 Å². The number of nitrogens with one attached hydrogen (secondary N) is 2. The van der Waals surface area contributed by atoms with Crippen LogP contribution in [0.25, 0.3) is 0 Å². The fourth-order valence-electron chi connectivity index (χ4n) is 3.78. The highest BCUT2D eigenvalue weighted by Crippen LogP contribution is 2.32. The zero-order valence-corrected chi connectivity index (χ0v) is 22.1. The topological polar surface area (TPSA) is 97.0 Å². The van der Waals surface area contributed by atoms with Gasteiger partial charge in [0.15, 0.2) is 0 Å². The quantitative estimate of drug-likeness (QED) is 0.250. The monoisotopic (exact) mass is 533 g/mol. The molecule has 1 aliphatic rings. The highest BCUT2D eigenvalue weighted by molar-refractivity contribution is 6.53. The molecule has 3 aromatic carbocycles. The molecule has 0 fully saturated rings. The Hall–Kier alpha value is -4.30. The maximum absolute atomic E-state index is 13.1. The molecule has 1 aliphatic heterocycles. The Balaban J connectivity index is 1.48. The molecule has 1 heterocycles. The lowest BCUT2D eigenvalue weighted by Crippen LogP contribution is -2.32. The van der Waals surface area contributed by atoms with Gasteiger partial charge in [-0.3, -0.25) is 14.4 Å². The van der Waals surface area contributed by atoms with E-state index in [2.05, 4.69) is 17.6 Å². The molecule has 0 unspecified atom stereocenters. The van der Waals surface area contributed by atoms with Crippen LogP contribution in [0.15, 0.2) is 77.5 Å². The zero-order chi connectivity index (χ0) is 27.2. The van der Waals surface area contributed by atoms with Crippen molar-refractivity contribution in [3.8, 4) is 11.5 Å². The van der Waals surface area contributed by atoms with Crippen LogP contribution in [0.2, 0.25) is 0 Å². The molecule has 38 heavy (non-hydrogen) atoms. The molecular weight excluding hydrogens is 506 g/mol. The number of ether oxygens (including phenoxy) is 2. The lowest BCUT2D eigenvalue weighted by molar-refractivity contribution is -0.120. The zero-order valence-electron chi connectivity index (χ0n) is 21.3. The number of unbranched alkanes of at least 4 members (excludes halogenated alkanes) is 1. The van der Waals surface area contributed by atoms with Crippen molar-refractivity contribution in [2.45, 2.75) is 26.7 Å². The summed E-state index contributed by atoms with van der Waals surface area (Å²) in [5.74, 6) is -0.241. The van der Waals surface area contributed by atoms with Gasteiger partial charge in [-0.2, -0.15) is 0 Å². The van der Waals surface area contributed by atoms with Crippen LogP contribution in [0.5, 0.6) is 11.5 Å². The average molecular weight is 534 g/mol. The summed E-state index contributed by atoms with van der Waals surface area (Å²) in [6, 6.07) is 18.7. The van der Waals surface area contributed by atoms with Gasteiger partial charge in [0.1, 0.15) is 22.2 Å². The number of imide groups is 1. The number of carbonyl (C=O) groups is 3. The number of halogens is 1. The first-order chi connectivity index (χ1) is 18.3. The summed E-state index contributed by atoms with van der Waals surface area (Å²) < 4.78 is 10.8. The smallest absolute Gasteiger partial charge is 0.283 e. The van der Waals surface area contributed by atoms with E-state index in [0.717, 1.165) is 29.1 Å². The molecule has 0 saturated heterocycles. The fraction of sp³-hybridized carbons (Fsp3) is 0.207. The third-order valence-corrected chi connectivity index (χ3v) is 6.35. The molecule has 4 rings (SSSR count). The molecule has 0 spiro atoms. The third-order valence-electron chi connectivity index (χ3n) is 6.00. The van der Waals surface area contributed by atoms with Crippen molar-refractivity contribution in [3.63, 3.8) is 0 Å². The molecule has 3 aromatic rings. The first-order valence-corrected chi connectivity index (χ1v) is 12.5. The van der Waals surface area contributed by atoms with Crippen LogP contribution < -0.4 is 25.0 Å². The number of amides is 3. The fourth-order valence-corrected chi connectivity index (χ4v) is 3.99. The highest BCUT2D eigenvalue weighted by atomic mass is 35.5. The number of anilines is 3. The number of carbonyl (C=O) groups excluding carboxylic acids is 3. The van der Waals surface area contributed by atoms with Gasteiger partial charge in [-0.1, -0.05) is 31.0 Å². The standard InChI is InChI=1S/C29H28ClN3O5/c1-4-5-16-38-23-12-8-20(9-13-23)31-27(34)19-7-6-18(2)24(17-19)32-26-25(30)28(35)33(29(26)36)21-10-14-22(37-3)15-11-21/h6-15,17,32H,4-5,16H2,1-3H3,(H,31,34). The van der Waals surface area contributed by atoms with Crippen molar-refractivity contribution < 1.29 is 23.9 Å². The molecule has 8 nitrogen and oxygen atoms in total. The van der Waals surface area contributed by atoms with Crippen LogP contribution in [0, 0.1) is 6.92 Å². The first kappa shape index (κ1) is 26.8. The number of hydrogen-bond acceptors (Lipinski definition) is 6. The second-order valence-corrected chi connectivity index (χ2v) is 9.05. The second-order valence-electron chi connectivity index (χ2n) is 8.67. The number of rotatable bonds is 10. The molecule has 9 heteroatoms. The largest absolute Gasteiger partial charge is 0.497 e. The molecule has 0 radical (unpaired) electrons. The number of aryl methyl sites for hydroxylation is 1. The van der Waals surface area contributed by atoms with Gasteiger partial charge in [0, 0.05) is 16.9 Å². The SMILES string of the molecule is CCCCOc1ccc(NC(=O)c2ccc(C)c(NC3=C(Cl)C(=O)N(c4ccc(OC)cc4)C3=O)c2)cc1. The summed E-state index contributed by atoms with van der Waals surface area (Å²) in [5.41, 5.74) is 2.51. The van der Waals surface area contributed by atoms with E-state index in [1.165, 1.54) is 7.11 Å². The molecular formula is C29H28ClN3O5. The van der Waals surface area contributed by atoms with E-state index in [1.807, 2.05) is 6.92 Å². The summed E-state index contributed by atoms with van der Waals surface area (Å²) >= 11 is 6.28. The third kappa shape index (κ3) is 5.81. The molecule has 0 aliphatic carbocycles. The van der Waals surface area contributed by atoms with Gasteiger partial charge in [0.25, 0.3) is 17.7 Å². The molecule has 0 atom stereocenters. The van der Waals surface area contributed by atoms with Crippen LogP contribution in [-0.2, 0) is 9.59 Å². The minimum absolute atomic E-state index is 0.0631. The van der Waals surface area contributed by atoms with Crippen molar-refractivity contribution in [3.05, 3.63) is 88.6 Å². The number of nitrogens with zero attached hydrogens (tertiary/aromatic N) is 1. The van der Waals surface area contributed by atoms with Gasteiger partial charge < -0.3 is 20.1 Å². The van der Waals surface area contributed by atoms with E-state index >= 15 is 0 Å². The Morgan fingerprint density at radius 2 is 1.63 bits per heavy atom. The molecule has 0 saturated carbocycles. The van der Waals surface area contributed by atoms with Crippen LogP contribution in [0.1, 0.15) is 35.7 Å². The van der Waals surface area contributed by atoms with Crippen molar-refractivity contribution in [1.82, 2.24) is 0 Å². The normalized spacial score (nSPS) is 13.1. The number of hydrogen-bond donors (Lipinski definition) is 2. The summed E-state index contributed by atoms with van der Waals surface area (Å²) in [6.07, 6.45) is 2.03. The lowest BCUT2D eigenvalue weighted by Gasteiger charge is -2.16. The molecule has 0 bridgehead atoms. The maximum Gasteiger partial charge on any atom is 0.283 e. The predicted molar refractivity (Wildman–Crippen MR) is 148 cm³/mol. The van der Waals surface area contributed by atoms with Crippen molar-refractivity contribution in [2.75, 3.05) is 29.3 Å². The average Bonchev–Trinajstić information content (AvgIpc) is 3.13. The summed E-state index contributed by atoms with van der Waals surface area (Å²) in [7, 11) is 1.53. The Kier molecular flexibility index (Phi) is 8.33. The summed E-state index contributed by atoms with van der Waals surface area (Å²) in [4.78, 5) is 39.9. The maximum atomic E-state index is 13.1. The first-order valence-electron chi connectivity index (χ1n) is 12.2. The van der Waals surface area contributed by atoms with Gasteiger partial charge in [0.05, 0.1) is 19.4 Å². The molecule has 3 amide bonds. The van der Waals surface area contributed by atoms with Gasteiger partial charge in [-0.25, -0.2) is 4.90 Å². The minimum atomic E-state index is -0.641. The predicted octanol–water partition coefficient (Wildman–Crippen LogP) is 5.87. The van der Waals surface area contributed by atoms with Gasteiger partial charge in [-0.05, 0) is 79.6 Å². The van der Waals surface area contributed by atoms with Crippen molar-refractivity contribution >= 4 is 46.4 Å². The van der Waals surface area contributed by atoms with E-state index in [9.17, 15) is 14.4 Å². The summed E-state index contributed by atoms with van der Waals surface area (Å²) in [6.45, 7) is 4.56. The van der Waals surface area contributed by atoms with Crippen LogP contribution in [0.3, 0.4) is 0 Å². The number of methoxy groups -OCH3 is 1. The molecule has 2 N–H and O–H groups in total. The van der Waals surface area contributed by atoms with E-state index in [1.54, 1.807) is 66.7 Å². The van der Waals surface area contributed by atoms with Crippen molar-refractivity contribution in [2.24, 2.45) is 0 Å². The minimum Gasteiger partial charge on any atom is -0.497 e. The second kappa shape index (κ2) is 11.8. The van der Waals surface area contributed by atoms with Crippen molar-refractivity contribution in [1.29, 1.82) is 0 Å².